The Morgan fingerprint density at radius 1 is 1.10 bits per heavy atom. The fourth-order valence-electron chi connectivity index (χ4n) is 1.62. The first kappa shape index (κ1) is 14.1. The predicted molar refractivity (Wildman–Crippen MR) is 76.9 cm³/mol. The number of carbonyl (C=O) groups excluding carboxylic acids is 2. The number of esters is 1. The van der Waals surface area contributed by atoms with Gasteiger partial charge < -0.3 is 10.5 Å². The monoisotopic (exact) mass is 289 g/mol. The Morgan fingerprint density at radius 2 is 1.80 bits per heavy atom. The fourth-order valence-corrected chi connectivity index (χ4v) is 1.79. The molecule has 2 aromatic rings. The highest BCUT2D eigenvalue weighted by Gasteiger charge is 2.14. The highest BCUT2D eigenvalue weighted by Crippen LogP contribution is 2.18. The van der Waals surface area contributed by atoms with Gasteiger partial charge in [-0.15, -0.1) is 0 Å². The third-order valence-electron chi connectivity index (χ3n) is 2.67. The maximum absolute atomic E-state index is 11.8. The van der Waals surface area contributed by atoms with Crippen LogP contribution in [-0.2, 0) is 4.74 Å². The average Bonchev–Trinajstić information content (AvgIpc) is 2.47. The number of nitrogens with two attached hydrogens (primary N) is 1. The number of ketones is 1. The summed E-state index contributed by atoms with van der Waals surface area (Å²) >= 11 is 5.79. The van der Waals surface area contributed by atoms with Crippen LogP contribution in [0.4, 0.5) is 5.69 Å². The third-order valence-corrected chi connectivity index (χ3v) is 2.90. The molecule has 5 heteroatoms. The molecule has 2 aromatic carbocycles. The minimum Gasteiger partial charge on any atom is -0.454 e. The lowest BCUT2D eigenvalue weighted by molar-refractivity contribution is 0.0476. The van der Waals surface area contributed by atoms with Gasteiger partial charge in [-0.1, -0.05) is 41.9 Å². The number of hydrogen-bond donors (Lipinski definition) is 1. The number of anilines is 1. The van der Waals surface area contributed by atoms with Gasteiger partial charge in [0.1, 0.15) is 0 Å². The average molecular weight is 290 g/mol. The second kappa shape index (κ2) is 6.21. The lowest BCUT2D eigenvalue weighted by Gasteiger charge is -2.07. The van der Waals surface area contributed by atoms with E-state index in [1.807, 2.05) is 0 Å². The lowest BCUT2D eigenvalue weighted by Crippen LogP contribution is -2.15. The van der Waals surface area contributed by atoms with E-state index in [0.29, 0.717) is 10.6 Å². The molecule has 0 saturated heterocycles. The van der Waals surface area contributed by atoms with Crippen LogP contribution in [0.15, 0.2) is 48.5 Å². The SMILES string of the molecule is Nc1ccc(Cl)cc1C(=O)OCC(=O)c1ccccc1. The fraction of sp³-hybridized carbons (Fsp3) is 0.0667. The summed E-state index contributed by atoms with van der Waals surface area (Å²) in [6.07, 6.45) is 0. The molecular formula is C15H12ClNO3. The Hall–Kier alpha value is -2.33. The molecule has 0 atom stereocenters. The normalized spacial score (nSPS) is 10.1. The number of carbonyl (C=O) groups is 2. The van der Waals surface area contributed by atoms with Gasteiger partial charge in [0.05, 0.1) is 5.56 Å². The molecule has 0 aromatic heterocycles. The van der Waals surface area contributed by atoms with Gasteiger partial charge in [-0.2, -0.15) is 0 Å². The predicted octanol–water partition coefficient (Wildman–Crippen LogP) is 2.96. The van der Waals surface area contributed by atoms with Gasteiger partial charge >= 0.3 is 5.97 Å². The Balaban J connectivity index is 2.02. The van der Waals surface area contributed by atoms with Crippen LogP contribution in [-0.4, -0.2) is 18.4 Å². The number of rotatable bonds is 4. The van der Waals surface area contributed by atoms with Gasteiger partial charge in [-0.3, -0.25) is 4.79 Å². The number of Topliss-reactive ketones (excluding diaryl/α,β-unsaturated/α-hetero) is 1. The molecule has 0 saturated carbocycles. The summed E-state index contributed by atoms with van der Waals surface area (Å²) in [5.74, 6) is -0.950. The van der Waals surface area contributed by atoms with Crippen molar-refractivity contribution < 1.29 is 14.3 Å². The maximum Gasteiger partial charge on any atom is 0.340 e. The maximum atomic E-state index is 11.8. The van der Waals surface area contributed by atoms with Gasteiger partial charge in [-0.05, 0) is 18.2 Å². The van der Waals surface area contributed by atoms with Crippen molar-refractivity contribution in [2.24, 2.45) is 0 Å². The van der Waals surface area contributed by atoms with Crippen LogP contribution in [0, 0.1) is 0 Å². The molecule has 0 radical (unpaired) electrons. The van der Waals surface area contributed by atoms with Gasteiger partial charge in [0.2, 0.25) is 0 Å². The highest BCUT2D eigenvalue weighted by atomic mass is 35.5. The third kappa shape index (κ3) is 3.36. The summed E-state index contributed by atoms with van der Waals surface area (Å²) in [6.45, 7) is -0.338. The second-order valence-corrected chi connectivity index (χ2v) is 4.53. The van der Waals surface area contributed by atoms with Crippen LogP contribution in [0.3, 0.4) is 0 Å². The van der Waals surface area contributed by atoms with E-state index in [4.69, 9.17) is 22.1 Å². The standard InChI is InChI=1S/C15H12ClNO3/c16-11-6-7-13(17)12(8-11)15(19)20-9-14(18)10-4-2-1-3-5-10/h1-8H,9,17H2. The second-order valence-electron chi connectivity index (χ2n) is 4.10. The quantitative estimate of drug-likeness (QED) is 0.534. The topological polar surface area (TPSA) is 69.4 Å². The molecule has 0 aliphatic carbocycles. The van der Waals surface area contributed by atoms with Crippen molar-refractivity contribution in [3.63, 3.8) is 0 Å². The Kier molecular flexibility index (Phi) is 4.38. The molecule has 0 aliphatic rings. The minimum atomic E-state index is -0.672. The van der Waals surface area contributed by atoms with E-state index in [9.17, 15) is 9.59 Å². The van der Waals surface area contributed by atoms with Crippen LogP contribution < -0.4 is 5.73 Å². The Bertz CT molecular complexity index is 641. The molecule has 0 spiro atoms. The number of hydrogen-bond acceptors (Lipinski definition) is 4. The highest BCUT2D eigenvalue weighted by molar-refractivity contribution is 6.31. The largest absolute Gasteiger partial charge is 0.454 e. The van der Waals surface area contributed by atoms with Crippen molar-refractivity contribution in [3.05, 3.63) is 64.7 Å². The summed E-state index contributed by atoms with van der Waals surface area (Å²) in [5, 5.41) is 0.375. The van der Waals surface area contributed by atoms with Crippen molar-refractivity contribution in [2.75, 3.05) is 12.3 Å². The van der Waals surface area contributed by atoms with Gasteiger partial charge in [-0.25, -0.2) is 4.79 Å². The molecule has 0 bridgehead atoms. The van der Waals surface area contributed by atoms with E-state index >= 15 is 0 Å². The molecule has 2 rings (SSSR count). The Labute approximate surface area is 121 Å². The van der Waals surface area contributed by atoms with E-state index in [1.165, 1.54) is 12.1 Å². The molecular weight excluding hydrogens is 278 g/mol. The molecule has 0 heterocycles. The molecule has 20 heavy (non-hydrogen) atoms. The van der Waals surface area contributed by atoms with E-state index < -0.39 is 5.97 Å². The van der Waals surface area contributed by atoms with Crippen LogP contribution in [0.1, 0.15) is 20.7 Å². The molecule has 0 amide bonds. The molecule has 0 aliphatic heterocycles. The molecule has 102 valence electrons. The minimum absolute atomic E-state index is 0.151. The first-order chi connectivity index (χ1) is 9.58. The molecule has 2 N–H and O–H groups in total. The van der Waals surface area contributed by atoms with Crippen molar-refractivity contribution in [3.8, 4) is 0 Å². The van der Waals surface area contributed by atoms with Gasteiger partial charge in [0.15, 0.2) is 12.4 Å². The zero-order chi connectivity index (χ0) is 14.5. The van der Waals surface area contributed by atoms with Crippen LogP contribution in [0.2, 0.25) is 5.02 Å². The Morgan fingerprint density at radius 3 is 2.50 bits per heavy atom. The van der Waals surface area contributed by atoms with Crippen molar-refractivity contribution >= 4 is 29.0 Å². The summed E-state index contributed by atoms with van der Waals surface area (Å²) in [7, 11) is 0. The number of benzene rings is 2. The molecule has 0 unspecified atom stereocenters. The summed E-state index contributed by atoms with van der Waals surface area (Å²) < 4.78 is 4.95. The van der Waals surface area contributed by atoms with Crippen molar-refractivity contribution in [1.82, 2.24) is 0 Å². The van der Waals surface area contributed by atoms with Crippen LogP contribution >= 0.6 is 11.6 Å². The summed E-state index contributed by atoms with van der Waals surface area (Å²) in [6, 6.07) is 13.1. The first-order valence-corrected chi connectivity index (χ1v) is 6.26. The van der Waals surface area contributed by atoms with E-state index in [2.05, 4.69) is 0 Å². The van der Waals surface area contributed by atoms with Gasteiger partial charge in [0.25, 0.3) is 0 Å². The smallest absolute Gasteiger partial charge is 0.340 e. The van der Waals surface area contributed by atoms with E-state index in [0.717, 1.165) is 0 Å². The zero-order valence-electron chi connectivity index (χ0n) is 10.5. The molecule has 4 nitrogen and oxygen atoms in total. The summed E-state index contributed by atoms with van der Waals surface area (Å²) in [4.78, 5) is 23.6. The number of nitrogen functional groups attached to an aromatic ring is 1. The molecule has 0 fully saturated rings. The van der Waals surface area contributed by atoms with Crippen LogP contribution in [0.25, 0.3) is 0 Å². The van der Waals surface area contributed by atoms with Crippen molar-refractivity contribution in [2.45, 2.75) is 0 Å². The first-order valence-electron chi connectivity index (χ1n) is 5.88. The number of halogens is 1. The summed E-state index contributed by atoms with van der Waals surface area (Å²) in [5.41, 5.74) is 6.56. The van der Waals surface area contributed by atoms with E-state index in [1.54, 1.807) is 36.4 Å². The lowest BCUT2D eigenvalue weighted by atomic mass is 10.1. The number of ether oxygens (including phenoxy) is 1. The van der Waals surface area contributed by atoms with Crippen molar-refractivity contribution in [1.29, 1.82) is 0 Å². The van der Waals surface area contributed by atoms with Gasteiger partial charge in [0, 0.05) is 16.3 Å². The van der Waals surface area contributed by atoms with E-state index in [-0.39, 0.29) is 23.6 Å². The van der Waals surface area contributed by atoms with Crippen LogP contribution in [0.5, 0.6) is 0 Å². The zero-order valence-corrected chi connectivity index (χ0v) is 11.3.